The van der Waals surface area contributed by atoms with Crippen LogP contribution in [0.5, 0.6) is 0 Å². The number of hydrogen-bond donors (Lipinski definition) is 2. The predicted molar refractivity (Wildman–Crippen MR) is 83.5 cm³/mol. The molecule has 1 aromatic rings. The van der Waals surface area contributed by atoms with E-state index >= 15 is 0 Å². The van der Waals surface area contributed by atoms with Gasteiger partial charge < -0.3 is 16.0 Å². The first kappa shape index (κ1) is 15.1. The van der Waals surface area contributed by atoms with Gasteiger partial charge in [0.1, 0.15) is 0 Å². The molecule has 20 heavy (non-hydrogen) atoms. The number of anilines is 1. The van der Waals surface area contributed by atoms with Crippen molar-refractivity contribution in [1.82, 2.24) is 5.32 Å². The Morgan fingerprint density at radius 2 is 2.15 bits per heavy atom. The van der Waals surface area contributed by atoms with Crippen molar-refractivity contribution in [3.8, 4) is 0 Å². The van der Waals surface area contributed by atoms with Crippen LogP contribution in [0.15, 0.2) is 18.2 Å². The van der Waals surface area contributed by atoms with Crippen LogP contribution in [0, 0.1) is 5.92 Å². The van der Waals surface area contributed by atoms with Gasteiger partial charge in [-0.15, -0.1) is 0 Å². The van der Waals surface area contributed by atoms with Gasteiger partial charge in [0.25, 0.3) is 0 Å². The lowest BCUT2D eigenvalue weighted by Gasteiger charge is -2.34. The Hall–Kier alpha value is -1.26. The maximum atomic E-state index is 11.2. The van der Waals surface area contributed by atoms with Crippen molar-refractivity contribution < 1.29 is 4.79 Å². The first-order valence-corrected chi connectivity index (χ1v) is 7.54. The number of primary amides is 1. The van der Waals surface area contributed by atoms with E-state index in [1.807, 2.05) is 12.1 Å². The maximum absolute atomic E-state index is 11.2. The molecule has 0 unspecified atom stereocenters. The SMILES string of the molecule is CCNCC1CCN(c2ccc(C(N)=O)c(Cl)c2)CC1. The van der Waals surface area contributed by atoms with Gasteiger partial charge in [-0.2, -0.15) is 0 Å². The van der Waals surface area contributed by atoms with Crippen LogP contribution >= 0.6 is 11.6 Å². The fraction of sp³-hybridized carbons (Fsp3) is 0.533. The highest BCUT2D eigenvalue weighted by Crippen LogP contribution is 2.27. The largest absolute Gasteiger partial charge is 0.371 e. The fourth-order valence-electron chi connectivity index (χ4n) is 2.64. The number of carbonyl (C=O) groups excluding carboxylic acids is 1. The topological polar surface area (TPSA) is 58.4 Å². The van der Waals surface area contributed by atoms with Crippen LogP contribution in [0.1, 0.15) is 30.1 Å². The quantitative estimate of drug-likeness (QED) is 0.876. The Labute approximate surface area is 125 Å². The summed E-state index contributed by atoms with van der Waals surface area (Å²) in [7, 11) is 0. The van der Waals surface area contributed by atoms with E-state index in [1.165, 1.54) is 12.8 Å². The van der Waals surface area contributed by atoms with E-state index in [9.17, 15) is 4.79 Å². The van der Waals surface area contributed by atoms with E-state index in [1.54, 1.807) is 6.07 Å². The molecule has 1 amide bonds. The van der Waals surface area contributed by atoms with Crippen molar-refractivity contribution in [2.45, 2.75) is 19.8 Å². The van der Waals surface area contributed by atoms with Crippen molar-refractivity contribution >= 4 is 23.2 Å². The van der Waals surface area contributed by atoms with Gasteiger partial charge in [0.05, 0.1) is 10.6 Å². The smallest absolute Gasteiger partial charge is 0.250 e. The normalized spacial score (nSPS) is 16.4. The van der Waals surface area contributed by atoms with Crippen molar-refractivity contribution in [3.05, 3.63) is 28.8 Å². The van der Waals surface area contributed by atoms with Gasteiger partial charge in [0.2, 0.25) is 5.91 Å². The minimum Gasteiger partial charge on any atom is -0.371 e. The summed E-state index contributed by atoms with van der Waals surface area (Å²) in [5.74, 6) is 0.275. The fourth-order valence-corrected chi connectivity index (χ4v) is 2.91. The minimum absolute atomic E-state index is 0.387. The second-order valence-corrected chi connectivity index (χ2v) is 5.67. The number of hydrogen-bond acceptors (Lipinski definition) is 3. The van der Waals surface area contributed by atoms with E-state index in [-0.39, 0.29) is 0 Å². The lowest BCUT2D eigenvalue weighted by molar-refractivity contribution is 0.100. The molecule has 1 heterocycles. The molecule has 110 valence electrons. The molecule has 3 N–H and O–H groups in total. The Balaban J connectivity index is 1.97. The lowest BCUT2D eigenvalue weighted by Crippen LogP contribution is -2.37. The molecule has 0 saturated carbocycles. The van der Waals surface area contributed by atoms with Gasteiger partial charge in [-0.05, 0) is 50.0 Å². The Bertz CT molecular complexity index is 470. The molecule has 1 fully saturated rings. The molecule has 1 aromatic carbocycles. The molecular formula is C15H22ClN3O. The molecule has 5 heteroatoms. The second kappa shape index (κ2) is 6.95. The minimum atomic E-state index is -0.481. The molecule has 1 saturated heterocycles. The zero-order valence-electron chi connectivity index (χ0n) is 11.9. The van der Waals surface area contributed by atoms with Gasteiger partial charge in [0, 0.05) is 18.8 Å². The van der Waals surface area contributed by atoms with E-state index in [0.717, 1.165) is 37.8 Å². The Morgan fingerprint density at radius 1 is 1.45 bits per heavy atom. The molecule has 0 atom stereocenters. The van der Waals surface area contributed by atoms with Crippen molar-refractivity contribution in [2.75, 3.05) is 31.1 Å². The summed E-state index contributed by atoms with van der Waals surface area (Å²) < 4.78 is 0. The highest BCUT2D eigenvalue weighted by Gasteiger charge is 2.19. The average Bonchev–Trinajstić information content (AvgIpc) is 2.45. The number of benzene rings is 1. The van der Waals surface area contributed by atoms with Crippen LogP contribution < -0.4 is 16.0 Å². The summed E-state index contributed by atoms with van der Waals surface area (Å²) in [6, 6.07) is 5.48. The van der Waals surface area contributed by atoms with Crippen molar-refractivity contribution in [2.24, 2.45) is 11.7 Å². The third kappa shape index (κ3) is 3.64. The van der Waals surface area contributed by atoms with Crippen LogP contribution in [0.2, 0.25) is 5.02 Å². The number of amides is 1. The van der Waals surface area contributed by atoms with Crippen LogP contribution in [-0.2, 0) is 0 Å². The van der Waals surface area contributed by atoms with Crippen LogP contribution in [0.4, 0.5) is 5.69 Å². The van der Waals surface area contributed by atoms with E-state index in [4.69, 9.17) is 17.3 Å². The van der Waals surface area contributed by atoms with Gasteiger partial charge in [0.15, 0.2) is 0 Å². The Morgan fingerprint density at radius 3 is 2.70 bits per heavy atom. The summed E-state index contributed by atoms with van der Waals surface area (Å²) >= 11 is 6.10. The molecule has 2 rings (SSSR count). The number of halogens is 1. The number of piperidine rings is 1. The van der Waals surface area contributed by atoms with Crippen molar-refractivity contribution in [3.63, 3.8) is 0 Å². The second-order valence-electron chi connectivity index (χ2n) is 5.27. The third-order valence-electron chi connectivity index (χ3n) is 3.88. The summed E-state index contributed by atoms with van der Waals surface area (Å²) in [6.45, 7) is 6.33. The van der Waals surface area contributed by atoms with Gasteiger partial charge in [-0.25, -0.2) is 0 Å². The van der Waals surface area contributed by atoms with Gasteiger partial charge in [-0.1, -0.05) is 18.5 Å². The summed E-state index contributed by atoms with van der Waals surface area (Å²) in [5, 5.41) is 3.85. The highest BCUT2D eigenvalue weighted by atomic mass is 35.5. The summed E-state index contributed by atoms with van der Waals surface area (Å²) in [4.78, 5) is 13.5. The lowest BCUT2D eigenvalue weighted by atomic mass is 9.96. The third-order valence-corrected chi connectivity index (χ3v) is 4.19. The molecule has 1 aliphatic rings. The maximum Gasteiger partial charge on any atom is 0.250 e. The molecule has 4 nitrogen and oxygen atoms in total. The summed E-state index contributed by atoms with van der Waals surface area (Å²) in [6.07, 6.45) is 2.37. The number of nitrogens with one attached hydrogen (secondary N) is 1. The highest BCUT2D eigenvalue weighted by molar-refractivity contribution is 6.34. The molecule has 0 spiro atoms. The van der Waals surface area contributed by atoms with E-state index < -0.39 is 5.91 Å². The van der Waals surface area contributed by atoms with Crippen LogP contribution in [0.25, 0.3) is 0 Å². The van der Waals surface area contributed by atoms with E-state index in [2.05, 4.69) is 17.1 Å². The zero-order chi connectivity index (χ0) is 14.5. The number of nitrogens with two attached hydrogens (primary N) is 1. The average molecular weight is 296 g/mol. The first-order valence-electron chi connectivity index (χ1n) is 7.16. The van der Waals surface area contributed by atoms with Crippen LogP contribution in [-0.4, -0.2) is 32.1 Å². The monoisotopic (exact) mass is 295 g/mol. The molecule has 0 aromatic heterocycles. The number of rotatable bonds is 5. The first-order chi connectivity index (χ1) is 9.61. The summed E-state index contributed by atoms with van der Waals surface area (Å²) in [5.41, 5.74) is 6.72. The van der Waals surface area contributed by atoms with E-state index in [0.29, 0.717) is 10.6 Å². The Kier molecular flexibility index (Phi) is 5.26. The van der Waals surface area contributed by atoms with Gasteiger partial charge >= 0.3 is 0 Å². The predicted octanol–water partition coefficient (Wildman–Crippen LogP) is 2.26. The van der Waals surface area contributed by atoms with Crippen LogP contribution in [0.3, 0.4) is 0 Å². The molecule has 0 bridgehead atoms. The molecular weight excluding hydrogens is 274 g/mol. The van der Waals surface area contributed by atoms with Crippen molar-refractivity contribution in [1.29, 1.82) is 0 Å². The van der Waals surface area contributed by atoms with Gasteiger partial charge in [-0.3, -0.25) is 4.79 Å². The standard InChI is InChI=1S/C15H22ClN3O/c1-2-18-10-11-5-7-19(8-6-11)12-3-4-13(15(17)20)14(16)9-12/h3-4,9,11,18H,2,5-8,10H2,1H3,(H2,17,20). The molecule has 1 aliphatic heterocycles. The number of carbonyl (C=O) groups is 1. The molecule has 0 aliphatic carbocycles. The zero-order valence-corrected chi connectivity index (χ0v) is 12.6. The number of nitrogens with zero attached hydrogens (tertiary/aromatic N) is 1. The molecule has 0 radical (unpaired) electrons.